The SMILES string of the molecule is Brc1ccc(CN2CCC2)c(Br)c1. The zero-order valence-corrected chi connectivity index (χ0v) is 10.4. The van der Waals surface area contributed by atoms with Crippen LogP contribution < -0.4 is 0 Å². The van der Waals surface area contributed by atoms with Crippen LogP contribution in [0.4, 0.5) is 0 Å². The van der Waals surface area contributed by atoms with Crippen molar-refractivity contribution >= 4 is 31.9 Å². The van der Waals surface area contributed by atoms with Crippen molar-refractivity contribution in [2.24, 2.45) is 0 Å². The maximum atomic E-state index is 3.57. The Kier molecular flexibility index (Phi) is 3.06. The highest BCUT2D eigenvalue weighted by Crippen LogP contribution is 2.24. The van der Waals surface area contributed by atoms with Gasteiger partial charge in [0.2, 0.25) is 0 Å². The van der Waals surface area contributed by atoms with E-state index >= 15 is 0 Å². The van der Waals surface area contributed by atoms with Gasteiger partial charge in [-0.3, -0.25) is 4.90 Å². The number of nitrogens with zero attached hydrogens (tertiary/aromatic N) is 1. The highest BCUT2D eigenvalue weighted by atomic mass is 79.9. The van der Waals surface area contributed by atoms with Crippen LogP contribution in [0.2, 0.25) is 0 Å². The summed E-state index contributed by atoms with van der Waals surface area (Å²) in [6, 6.07) is 6.38. The second-order valence-corrected chi connectivity index (χ2v) is 5.14. The van der Waals surface area contributed by atoms with Crippen LogP contribution in [0.1, 0.15) is 12.0 Å². The summed E-state index contributed by atoms with van der Waals surface area (Å²) in [4.78, 5) is 2.45. The van der Waals surface area contributed by atoms with Crippen LogP contribution >= 0.6 is 31.9 Å². The fourth-order valence-corrected chi connectivity index (χ4v) is 2.60. The molecule has 70 valence electrons. The van der Waals surface area contributed by atoms with E-state index in [0.29, 0.717) is 0 Å². The van der Waals surface area contributed by atoms with Gasteiger partial charge in [-0.25, -0.2) is 0 Å². The molecule has 1 saturated heterocycles. The molecule has 2 rings (SSSR count). The number of rotatable bonds is 2. The smallest absolute Gasteiger partial charge is 0.0244 e. The van der Waals surface area contributed by atoms with Crippen LogP contribution in [0, 0.1) is 0 Å². The molecule has 0 spiro atoms. The third kappa shape index (κ3) is 2.33. The van der Waals surface area contributed by atoms with Crippen LogP contribution in [-0.2, 0) is 6.54 Å². The van der Waals surface area contributed by atoms with Gasteiger partial charge in [-0.15, -0.1) is 0 Å². The van der Waals surface area contributed by atoms with Crippen molar-refractivity contribution in [2.75, 3.05) is 13.1 Å². The van der Waals surface area contributed by atoms with E-state index in [9.17, 15) is 0 Å². The summed E-state index contributed by atoms with van der Waals surface area (Å²) in [5.41, 5.74) is 1.38. The van der Waals surface area contributed by atoms with Crippen molar-refractivity contribution in [1.82, 2.24) is 4.90 Å². The lowest BCUT2D eigenvalue weighted by Crippen LogP contribution is -2.36. The standard InChI is InChI=1S/C10H11Br2N/c11-9-3-2-8(10(12)6-9)7-13-4-1-5-13/h2-3,6H,1,4-5,7H2. The summed E-state index contributed by atoms with van der Waals surface area (Å²) in [7, 11) is 0. The Morgan fingerprint density at radius 3 is 2.54 bits per heavy atom. The largest absolute Gasteiger partial charge is 0.299 e. The van der Waals surface area contributed by atoms with E-state index in [1.807, 2.05) is 0 Å². The molecule has 13 heavy (non-hydrogen) atoms. The molecular formula is C10H11Br2N. The Balaban J connectivity index is 2.10. The van der Waals surface area contributed by atoms with Crippen LogP contribution in [-0.4, -0.2) is 18.0 Å². The maximum Gasteiger partial charge on any atom is 0.0244 e. The Morgan fingerprint density at radius 1 is 1.23 bits per heavy atom. The zero-order chi connectivity index (χ0) is 9.26. The minimum atomic E-state index is 1.08. The molecule has 0 radical (unpaired) electrons. The molecule has 0 N–H and O–H groups in total. The monoisotopic (exact) mass is 303 g/mol. The number of benzene rings is 1. The normalized spacial score (nSPS) is 17.1. The summed E-state index contributed by atoms with van der Waals surface area (Å²) < 4.78 is 2.33. The van der Waals surface area contributed by atoms with Gasteiger partial charge in [-0.05, 0) is 37.2 Å². The molecule has 0 atom stereocenters. The predicted molar refractivity (Wildman–Crippen MR) is 61.7 cm³/mol. The van der Waals surface area contributed by atoms with Gasteiger partial charge in [0.15, 0.2) is 0 Å². The molecule has 1 nitrogen and oxygen atoms in total. The second-order valence-electron chi connectivity index (χ2n) is 3.37. The molecule has 0 unspecified atom stereocenters. The van der Waals surface area contributed by atoms with E-state index in [1.165, 1.54) is 29.5 Å². The lowest BCUT2D eigenvalue weighted by atomic mass is 10.1. The van der Waals surface area contributed by atoms with Crippen molar-refractivity contribution in [3.8, 4) is 0 Å². The average molecular weight is 305 g/mol. The van der Waals surface area contributed by atoms with E-state index in [-0.39, 0.29) is 0 Å². The maximum absolute atomic E-state index is 3.57. The topological polar surface area (TPSA) is 3.24 Å². The van der Waals surface area contributed by atoms with Crippen molar-refractivity contribution in [3.05, 3.63) is 32.7 Å². The van der Waals surface area contributed by atoms with Gasteiger partial charge in [-0.2, -0.15) is 0 Å². The average Bonchev–Trinajstić information content (AvgIpc) is 1.99. The first-order valence-corrected chi connectivity index (χ1v) is 6.00. The van der Waals surface area contributed by atoms with Gasteiger partial charge in [-0.1, -0.05) is 37.9 Å². The predicted octanol–water partition coefficient (Wildman–Crippen LogP) is 3.42. The van der Waals surface area contributed by atoms with Crippen molar-refractivity contribution in [2.45, 2.75) is 13.0 Å². The molecule has 1 aromatic rings. The third-order valence-corrected chi connectivity index (χ3v) is 3.59. The van der Waals surface area contributed by atoms with E-state index in [1.54, 1.807) is 0 Å². The summed E-state index contributed by atoms with van der Waals surface area (Å²) >= 11 is 7.02. The summed E-state index contributed by atoms with van der Waals surface area (Å²) in [5, 5.41) is 0. The number of hydrogen-bond donors (Lipinski definition) is 0. The molecule has 0 bridgehead atoms. The molecule has 3 heteroatoms. The van der Waals surface area contributed by atoms with Crippen LogP contribution in [0.3, 0.4) is 0 Å². The molecule has 1 aliphatic rings. The summed E-state index contributed by atoms with van der Waals surface area (Å²) in [6.45, 7) is 3.58. The number of halogens is 2. The minimum absolute atomic E-state index is 1.08. The van der Waals surface area contributed by atoms with Gasteiger partial charge >= 0.3 is 0 Å². The Morgan fingerprint density at radius 2 is 2.00 bits per heavy atom. The van der Waals surface area contributed by atoms with Gasteiger partial charge < -0.3 is 0 Å². The van der Waals surface area contributed by atoms with Crippen molar-refractivity contribution in [3.63, 3.8) is 0 Å². The van der Waals surface area contributed by atoms with E-state index in [4.69, 9.17) is 0 Å². The molecule has 1 aromatic carbocycles. The van der Waals surface area contributed by atoms with E-state index in [0.717, 1.165) is 11.0 Å². The molecule has 0 amide bonds. The minimum Gasteiger partial charge on any atom is -0.299 e. The molecule has 0 aromatic heterocycles. The fraction of sp³-hybridized carbons (Fsp3) is 0.400. The van der Waals surface area contributed by atoms with Gasteiger partial charge in [0.1, 0.15) is 0 Å². The Bertz CT molecular complexity index is 308. The molecule has 0 aliphatic carbocycles. The molecular weight excluding hydrogens is 294 g/mol. The second kappa shape index (κ2) is 4.11. The molecule has 0 saturated carbocycles. The van der Waals surface area contributed by atoms with E-state index < -0.39 is 0 Å². The van der Waals surface area contributed by atoms with Crippen molar-refractivity contribution in [1.29, 1.82) is 0 Å². The van der Waals surface area contributed by atoms with Crippen LogP contribution in [0.5, 0.6) is 0 Å². The van der Waals surface area contributed by atoms with Crippen LogP contribution in [0.25, 0.3) is 0 Å². The van der Waals surface area contributed by atoms with Gasteiger partial charge in [0.25, 0.3) is 0 Å². The fourth-order valence-electron chi connectivity index (χ4n) is 1.43. The Hall–Kier alpha value is 0.140. The highest BCUT2D eigenvalue weighted by Gasteiger charge is 2.14. The third-order valence-electron chi connectivity index (χ3n) is 2.36. The van der Waals surface area contributed by atoms with E-state index in [2.05, 4.69) is 55.0 Å². The number of hydrogen-bond acceptors (Lipinski definition) is 1. The van der Waals surface area contributed by atoms with Crippen LogP contribution in [0.15, 0.2) is 27.1 Å². The highest BCUT2D eigenvalue weighted by molar-refractivity contribution is 9.11. The summed E-state index contributed by atoms with van der Waals surface area (Å²) in [6.07, 6.45) is 1.36. The Labute approximate surface area is 95.4 Å². The van der Waals surface area contributed by atoms with Crippen molar-refractivity contribution < 1.29 is 0 Å². The first-order chi connectivity index (χ1) is 6.25. The van der Waals surface area contributed by atoms with Gasteiger partial charge in [0.05, 0.1) is 0 Å². The first-order valence-electron chi connectivity index (χ1n) is 4.42. The lowest BCUT2D eigenvalue weighted by Gasteiger charge is -2.30. The molecule has 1 fully saturated rings. The molecule has 1 aliphatic heterocycles. The zero-order valence-electron chi connectivity index (χ0n) is 7.26. The number of likely N-dealkylation sites (tertiary alicyclic amines) is 1. The van der Waals surface area contributed by atoms with Gasteiger partial charge in [0, 0.05) is 15.5 Å². The molecule has 1 heterocycles. The lowest BCUT2D eigenvalue weighted by molar-refractivity contribution is 0.172. The first kappa shape index (κ1) is 9.69. The summed E-state index contributed by atoms with van der Waals surface area (Å²) in [5.74, 6) is 0. The quantitative estimate of drug-likeness (QED) is 0.809.